The van der Waals surface area contributed by atoms with Crippen molar-refractivity contribution in [3.05, 3.63) is 47.8 Å². The van der Waals surface area contributed by atoms with Gasteiger partial charge in [0.15, 0.2) is 0 Å². The number of esters is 1. The zero-order valence-corrected chi connectivity index (χ0v) is 11.2. The van der Waals surface area contributed by atoms with Crippen molar-refractivity contribution in [2.24, 2.45) is 0 Å². The summed E-state index contributed by atoms with van der Waals surface area (Å²) in [5.41, 5.74) is 0.702. The van der Waals surface area contributed by atoms with Gasteiger partial charge in [0.1, 0.15) is 11.4 Å². The van der Waals surface area contributed by atoms with Gasteiger partial charge in [-0.1, -0.05) is 12.1 Å². The molecule has 0 aliphatic carbocycles. The number of aromatic hydroxyl groups is 1. The lowest BCUT2D eigenvalue weighted by Crippen LogP contribution is -2.17. The number of phenolic OH excluding ortho intramolecular Hbond substituents is 1. The van der Waals surface area contributed by atoms with E-state index in [9.17, 15) is 14.3 Å². The third-order valence-corrected chi connectivity index (χ3v) is 2.98. The number of hydrogen-bond acceptors (Lipinski definition) is 4. The van der Waals surface area contributed by atoms with Gasteiger partial charge in [0, 0.05) is 0 Å². The predicted octanol–water partition coefficient (Wildman–Crippen LogP) is 2.51. The minimum absolute atomic E-state index is 0.0418. The third-order valence-electron chi connectivity index (χ3n) is 2.98. The quantitative estimate of drug-likeness (QED) is 0.873. The maximum Gasteiger partial charge on any atom is 0.356 e. The van der Waals surface area contributed by atoms with Crippen LogP contribution in [0, 0.1) is 6.08 Å². The summed E-state index contributed by atoms with van der Waals surface area (Å²) < 4.78 is 19.9. The maximum absolute atomic E-state index is 13.8. The van der Waals surface area contributed by atoms with E-state index in [1.165, 1.54) is 12.1 Å². The van der Waals surface area contributed by atoms with Gasteiger partial charge < -0.3 is 9.84 Å². The highest BCUT2D eigenvalue weighted by atomic mass is 19.1. The van der Waals surface area contributed by atoms with Crippen LogP contribution in [-0.4, -0.2) is 27.2 Å². The molecule has 2 rings (SSSR count). The molecule has 1 atom stereocenters. The van der Waals surface area contributed by atoms with Crippen molar-refractivity contribution < 1.29 is 19.0 Å². The first-order valence-electron chi connectivity index (χ1n) is 6.23. The number of phenols is 1. The minimum atomic E-state index is -0.774. The molecule has 6 heteroatoms. The van der Waals surface area contributed by atoms with Crippen molar-refractivity contribution in [1.82, 2.24) is 9.55 Å². The number of halogens is 1. The lowest BCUT2D eigenvalue weighted by molar-refractivity contribution is 0.0510. The highest BCUT2D eigenvalue weighted by Crippen LogP contribution is 2.24. The number of hydrogen-bond donors (Lipinski definition) is 1. The van der Waals surface area contributed by atoms with Crippen LogP contribution in [0.5, 0.6) is 5.75 Å². The van der Waals surface area contributed by atoms with Gasteiger partial charge in [0.25, 0.3) is 6.08 Å². The van der Waals surface area contributed by atoms with E-state index in [4.69, 9.17) is 4.74 Å². The molecule has 0 radical (unpaired) electrons. The summed E-state index contributed by atoms with van der Waals surface area (Å²) in [5.74, 6) is -0.552. The molecule has 20 heavy (non-hydrogen) atoms. The molecule has 0 saturated heterocycles. The van der Waals surface area contributed by atoms with Crippen LogP contribution in [0.3, 0.4) is 0 Å². The van der Waals surface area contributed by atoms with Gasteiger partial charge in [-0.15, -0.1) is 0 Å². The van der Waals surface area contributed by atoms with Crippen molar-refractivity contribution in [2.45, 2.75) is 19.9 Å². The number of rotatable bonds is 4. The molecule has 0 saturated carbocycles. The number of benzene rings is 1. The van der Waals surface area contributed by atoms with Crippen LogP contribution in [0.25, 0.3) is 0 Å². The van der Waals surface area contributed by atoms with Gasteiger partial charge in [-0.05, 0) is 31.5 Å². The second-order valence-corrected chi connectivity index (χ2v) is 4.27. The normalized spacial score (nSPS) is 12.2. The van der Waals surface area contributed by atoms with E-state index >= 15 is 0 Å². The molecular weight excluding hydrogens is 263 g/mol. The highest BCUT2D eigenvalue weighted by molar-refractivity contribution is 5.87. The van der Waals surface area contributed by atoms with Crippen LogP contribution < -0.4 is 0 Å². The Kier molecular flexibility index (Phi) is 4.02. The minimum Gasteiger partial charge on any atom is -0.508 e. The van der Waals surface area contributed by atoms with E-state index < -0.39 is 18.1 Å². The summed E-state index contributed by atoms with van der Waals surface area (Å²) in [6.45, 7) is 3.59. The molecule has 1 aromatic carbocycles. The number of imidazole rings is 1. The third kappa shape index (κ3) is 2.64. The zero-order valence-electron chi connectivity index (χ0n) is 11.2. The maximum atomic E-state index is 13.8. The molecule has 0 aliphatic rings. The van der Waals surface area contributed by atoms with Gasteiger partial charge in [-0.2, -0.15) is 4.39 Å². The Hall–Kier alpha value is -2.37. The van der Waals surface area contributed by atoms with Crippen LogP contribution in [0.4, 0.5) is 4.39 Å². The molecular formula is C14H15FN2O3. The smallest absolute Gasteiger partial charge is 0.356 e. The zero-order chi connectivity index (χ0) is 14.7. The van der Waals surface area contributed by atoms with E-state index in [-0.39, 0.29) is 18.1 Å². The largest absolute Gasteiger partial charge is 0.508 e. The predicted molar refractivity (Wildman–Crippen MR) is 70.1 cm³/mol. The highest BCUT2D eigenvalue weighted by Gasteiger charge is 2.22. The van der Waals surface area contributed by atoms with Crippen LogP contribution in [0.15, 0.2) is 30.5 Å². The number of ether oxygens (including phenoxy) is 1. The number of carbonyl (C=O) groups excluding carboxylic acids is 1. The van der Waals surface area contributed by atoms with Crippen LogP contribution >= 0.6 is 0 Å². The fourth-order valence-corrected chi connectivity index (χ4v) is 2.00. The molecule has 1 N–H and O–H groups in total. The number of aromatic nitrogens is 2. The Morgan fingerprint density at radius 2 is 2.30 bits per heavy atom. The summed E-state index contributed by atoms with van der Waals surface area (Å²) in [4.78, 5) is 15.3. The molecule has 0 bridgehead atoms. The van der Waals surface area contributed by atoms with E-state index in [2.05, 4.69) is 4.98 Å². The van der Waals surface area contributed by atoms with Crippen LogP contribution in [-0.2, 0) is 4.74 Å². The van der Waals surface area contributed by atoms with Gasteiger partial charge in [0.2, 0.25) is 0 Å². The van der Waals surface area contributed by atoms with E-state index in [0.717, 1.165) is 10.8 Å². The van der Waals surface area contributed by atoms with Crippen LogP contribution in [0.1, 0.15) is 35.9 Å². The summed E-state index contributed by atoms with van der Waals surface area (Å²) in [7, 11) is 0. The summed E-state index contributed by atoms with van der Waals surface area (Å²) in [6, 6.07) is 5.92. The van der Waals surface area contributed by atoms with Gasteiger partial charge >= 0.3 is 5.97 Å². The lowest BCUT2D eigenvalue weighted by Gasteiger charge is -2.17. The molecule has 0 aliphatic heterocycles. The second-order valence-electron chi connectivity index (χ2n) is 4.27. The van der Waals surface area contributed by atoms with E-state index in [1.54, 1.807) is 26.0 Å². The molecule has 1 heterocycles. The average molecular weight is 278 g/mol. The van der Waals surface area contributed by atoms with Crippen molar-refractivity contribution in [2.75, 3.05) is 6.61 Å². The molecule has 1 unspecified atom stereocenters. The van der Waals surface area contributed by atoms with Gasteiger partial charge in [-0.25, -0.2) is 9.78 Å². The summed E-state index contributed by atoms with van der Waals surface area (Å²) in [5, 5.41) is 9.48. The van der Waals surface area contributed by atoms with Crippen molar-refractivity contribution in [3.63, 3.8) is 0 Å². The first-order valence-corrected chi connectivity index (χ1v) is 6.23. The van der Waals surface area contributed by atoms with Crippen molar-refractivity contribution >= 4 is 5.97 Å². The van der Waals surface area contributed by atoms with Gasteiger partial charge in [0.05, 0.1) is 18.8 Å². The van der Waals surface area contributed by atoms with Crippen molar-refractivity contribution in [1.29, 1.82) is 0 Å². The lowest BCUT2D eigenvalue weighted by atomic mass is 10.1. The molecule has 1 aromatic heterocycles. The average Bonchev–Trinajstić information content (AvgIpc) is 2.80. The number of carbonyl (C=O) groups is 1. The van der Waals surface area contributed by atoms with Crippen molar-refractivity contribution in [3.8, 4) is 5.75 Å². The molecule has 0 fully saturated rings. The first-order chi connectivity index (χ1) is 9.54. The monoisotopic (exact) mass is 278 g/mol. The fourth-order valence-electron chi connectivity index (χ4n) is 2.00. The first kappa shape index (κ1) is 14.0. The van der Waals surface area contributed by atoms with Gasteiger partial charge in [-0.3, -0.25) is 4.57 Å². The Morgan fingerprint density at radius 3 is 2.95 bits per heavy atom. The molecule has 0 spiro atoms. The van der Waals surface area contributed by atoms with E-state index in [1.807, 2.05) is 0 Å². The fraction of sp³-hybridized carbons (Fsp3) is 0.286. The second kappa shape index (κ2) is 5.73. The molecule has 5 nitrogen and oxygen atoms in total. The van der Waals surface area contributed by atoms with E-state index in [0.29, 0.717) is 5.56 Å². The SMILES string of the molecule is CCOC(=O)c1cnc(F)n1C(C)c1cccc(O)c1. The standard InChI is InChI=1S/C14H15FN2O3/c1-3-20-13(19)12-8-16-14(15)17(12)9(2)10-5-4-6-11(18)7-10/h4-9,18H,3H2,1-2H3. The molecule has 0 amide bonds. The molecule has 106 valence electrons. The Balaban J connectivity index is 2.41. The number of nitrogens with zero attached hydrogens (tertiary/aromatic N) is 2. The Labute approximate surface area is 115 Å². The topological polar surface area (TPSA) is 64.3 Å². The summed E-state index contributed by atoms with van der Waals surface area (Å²) in [6.07, 6.45) is 0.371. The Bertz CT molecular complexity index is 625. The summed E-state index contributed by atoms with van der Waals surface area (Å²) >= 11 is 0. The molecule has 2 aromatic rings. The van der Waals surface area contributed by atoms with Crippen LogP contribution in [0.2, 0.25) is 0 Å². The Morgan fingerprint density at radius 1 is 1.55 bits per heavy atom.